The van der Waals surface area contributed by atoms with Crippen molar-refractivity contribution in [3.8, 4) is 11.8 Å². The maximum atomic E-state index is 5.33. The highest BCUT2D eigenvalue weighted by molar-refractivity contribution is 5.29. The van der Waals surface area contributed by atoms with Crippen LogP contribution in [0.2, 0.25) is 0 Å². The number of hydrogen-bond donors (Lipinski definition) is 0. The number of pyridine rings is 1. The van der Waals surface area contributed by atoms with Crippen molar-refractivity contribution >= 4 is 0 Å². The van der Waals surface area contributed by atoms with Gasteiger partial charge in [0, 0.05) is 18.7 Å². The summed E-state index contributed by atoms with van der Waals surface area (Å²) in [5.41, 5.74) is 0.992. The molecule has 1 aromatic heterocycles. The molecule has 1 rings (SSSR count). The lowest BCUT2D eigenvalue weighted by molar-refractivity contribution is 0.143. The number of rotatable bonds is 5. The van der Waals surface area contributed by atoms with Gasteiger partial charge in [-0.1, -0.05) is 0 Å². The minimum atomic E-state index is 0.496. The second-order valence-corrected chi connectivity index (χ2v) is 2.82. The smallest absolute Gasteiger partial charge is 0.219 e. The topological polar surface area (TPSA) is 40.6 Å². The summed E-state index contributed by atoms with van der Waals surface area (Å²) in [6.07, 6.45) is 0. The van der Waals surface area contributed by atoms with E-state index in [0.717, 1.165) is 5.56 Å². The van der Waals surface area contributed by atoms with Gasteiger partial charge in [0.05, 0.1) is 13.7 Å². The summed E-state index contributed by atoms with van der Waals surface area (Å²) in [6.45, 7) is 2.98. The molecule has 0 saturated heterocycles. The second-order valence-electron chi connectivity index (χ2n) is 2.82. The van der Waals surface area contributed by atoms with Crippen molar-refractivity contribution in [2.75, 3.05) is 27.4 Å². The maximum absolute atomic E-state index is 5.33. The molecular formula is C10H15NO3. The van der Waals surface area contributed by atoms with Crippen LogP contribution in [0.5, 0.6) is 11.8 Å². The summed E-state index contributed by atoms with van der Waals surface area (Å²) in [4.78, 5) is 4.16. The predicted molar refractivity (Wildman–Crippen MR) is 52.9 cm³/mol. The van der Waals surface area contributed by atoms with Crippen LogP contribution in [-0.4, -0.2) is 32.4 Å². The lowest BCUT2D eigenvalue weighted by Crippen LogP contribution is -2.05. The Morgan fingerprint density at radius 2 is 2.00 bits per heavy atom. The van der Waals surface area contributed by atoms with E-state index < -0.39 is 0 Å². The molecule has 0 aliphatic carbocycles. The molecular weight excluding hydrogens is 182 g/mol. The van der Waals surface area contributed by atoms with Gasteiger partial charge in [0.25, 0.3) is 0 Å². The van der Waals surface area contributed by atoms with Crippen LogP contribution in [0.3, 0.4) is 0 Å². The standard InChI is InChI=1S/C10H15NO3/c1-8-4-5-9(11-10(8)13-3)14-7-6-12-2/h4-5H,6-7H2,1-3H3. The predicted octanol–water partition coefficient (Wildman–Crippen LogP) is 1.42. The lowest BCUT2D eigenvalue weighted by Gasteiger charge is -2.07. The Bertz CT molecular complexity index is 289. The van der Waals surface area contributed by atoms with Gasteiger partial charge in [-0.2, -0.15) is 4.98 Å². The Balaban J connectivity index is 2.60. The van der Waals surface area contributed by atoms with Crippen LogP contribution in [-0.2, 0) is 4.74 Å². The highest BCUT2D eigenvalue weighted by Gasteiger charge is 2.02. The van der Waals surface area contributed by atoms with E-state index in [1.807, 2.05) is 19.1 Å². The molecule has 0 fully saturated rings. The molecule has 0 atom stereocenters. The average Bonchev–Trinajstić information content (AvgIpc) is 2.21. The third kappa shape index (κ3) is 2.88. The minimum Gasteiger partial charge on any atom is -0.481 e. The Kier molecular flexibility index (Phi) is 4.19. The van der Waals surface area contributed by atoms with Crippen LogP contribution in [0, 0.1) is 6.92 Å². The second kappa shape index (κ2) is 5.44. The average molecular weight is 197 g/mol. The zero-order valence-corrected chi connectivity index (χ0v) is 8.74. The molecule has 4 heteroatoms. The SMILES string of the molecule is COCCOc1ccc(C)c(OC)n1. The van der Waals surface area contributed by atoms with E-state index in [2.05, 4.69) is 4.98 Å². The summed E-state index contributed by atoms with van der Waals surface area (Å²) in [7, 11) is 3.22. The quantitative estimate of drug-likeness (QED) is 0.669. The fourth-order valence-electron chi connectivity index (χ4n) is 1.01. The number of aryl methyl sites for hydroxylation is 1. The molecule has 4 nitrogen and oxygen atoms in total. The molecule has 0 amide bonds. The zero-order chi connectivity index (χ0) is 10.4. The summed E-state index contributed by atoms with van der Waals surface area (Å²) in [6, 6.07) is 3.72. The van der Waals surface area contributed by atoms with Crippen molar-refractivity contribution in [3.05, 3.63) is 17.7 Å². The summed E-state index contributed by atoms with van der Waals surface area (Å²) >= 11 is 0. The van der Waals surface area contributed by atoms with Crippen molar-refractivity contribution in [1.29, 1.82) is 0 Å². The highest BCUT2D eigenvalue weighted by Crippen LogP contribution is 2.18. The van der Waals surface area contributed by atoms with Gasteiger partial charge in [-0.05, 0) is 13.0 Å². The van der Waals surface area contributed by atoms with E-state index in [1.54, 1.807) is 14.2 Å². The molecule has 0 aliphatic heterocycles. The first-order valence-corrected chi connectivity index (χ1v) is 4.41. The third-order valence-electron chi connectivity index (χ3n) is 1.76. The van der Waals surface area contributed by atoms with Gasteiger partial charge >= 0.3 is 0 Å². The van der Waals surface area contributed by atoms with Crippen molar-refractivity contribution in [1.82, 2.24) is 4.98 Å². The van der Waals surface area contributed by atoms with E-state index in [-0.39, 0.29) is 0 Å². The maximum Gasteiger partial charge on any atom is 0.219 e. The molecule has 0 radical (unpaired) electrons. The van der Waals surface area contributed by atoms with E-state index in [4.69, 9.17) is 14.2 Å². The highest BCUT2D eigenvalue weighted by atomic mass is 16.5. The Hall–Kier alpha value is -1.29. The molecule has 0 spiro atoms. The Morgan fingerprint density at radius 1 is 1.21 bits per heavy atom. The summed E-state index contributed by atoms with van der Waals surface area (Å²) in [5.74, 6) is 1.16. The van der Waals surface area contributed by atoms with Gasteiger partial charge in [0.15, 0.2) is 0 Å². The Morgan fingerprint density at radius 3 is 2.64 bits per heavy atom. The van der Waals surface area contributed by atoms with Gasteiger partial charge < -0.3 is 14.2 Å². The molecule has 1 aromatic rings. The van der Waals surface area contributed by atoms with Gasteiger partial charge in [0.1, 0.15) is 6.61 Å². The summed E-state index contributed by atoms with van der Waals surface area (Å²) < 4.78 is 15.3. The van der Waals surface area contributed by atoms with E-state index in [0.29, 0.717) is 25.0 Å². The number of ether oxygens (including phenoxy) is 3. The van der Waals surface area contributed by atoms with Crippen molar-refractivity contribution in [3.63, 3.8) is 0 Å². The third-order valence-corrected chi connectivity index (χ3v) is 1.76. The minimum absolute atomic E-state index is 0.496. The first kappa shape index (κ1) is 10.8. The molecule has 14 heavy (non-hydrogen) atoms. The van der Waals surface area contributed by atoms with Crippen LogP contribution < -0.4 is 9.47 Å². The molecule has 1 heterocycles. The zero-order valence-electron chi connectivity index (χ0n) is 8.74. The Labute approximate surface area is 83.8 Å². The van der Waals surface area contributed by atoms with Crippen molar-refractivity contribution in [2.24, 2.45) is 0 Å². The van der Waals surface area contributed by atoms with E-state index in [9.17, 15) is 0 Å². The molecule has 0 N–H and O–H groups in total. The first-order valence-electron chi connectivity index (χ1n) is 4.41. The largest absolute Gasteiger partial charge is 0.481 e. The van der Waals surface area contributed by atoms with Crippen molar-refractivity contribution < 1.29 is 14.2 Å². The summed E-state index contributed by atoms with van der Waals surface area (Å²) in [5, 5.41) is 0. The first-order chi connectivity index (χ1) is 6.77. The van der Waals surface area contributed by atoms with Gasteiger partial charge in [0.2, 0.25) is 11.8 Å². The molecule has 0 saturated carbocycles. The van der Waals surface area contributed by atoms with Crippen LogP contribution in [0.1, 0.15) is 5.56 Å². The molecule has 0 aliphatic rings. The van der Waals surface area contributed by atoms with Crippen LogP contribution in [0.15, 0.2) is 12.1 Å². The van der Waals surface area contributed by atoms with Crippen LogP contribution in [0.25, 0.3) is 0 Å². The molecule has 78 valence electrons. The monoisotopic (exact) mass is 197 g/mol. The van der Waals surface area contributed by atoms with Crippen LogP contribution in [0.4, 0.5) is 0 Å². The van der Waals surface area contributed by atoms with Gasteiger partial charge in [-0.25, -0.2) is 0 Å². The number of methoxy groups -OCH3 is 2. The van der Waals surface area contributed by atoms with Crippen LogP contribution >= 0.6 is 0 Å². The normalized spacial score (nSPS) is 9.93. The fourth-order valence-corrected chi connectivity index (χ4v) is 1.01. The molecule has 0 unspecified atom stereocenters. The van der Waals surface area contributed by atoms with Gasteiger partial charge in [-0.3, -0.25) is 0 Å². The molecule has 0 aromatic carbocycles. The van der Waals surface area contributed by atoms with Gasteiger partial charge in [-0.15, -0.1) is 0 Å². The number of aromatic nitrogens is 1. The number of nitrogens with zero attached hydrogens (tertiary/aromatic N) is 1. The lowest BCUT2D eigenvalue weighted by atomic mass is 10.3. The number of hydrogen-bond acceptors (Lipinski definition) is 4. The van der Waals surface area contributed by atoms with Crippen molar-refractivity contribution in [2.45, 2.75) is 6.92 Å². The van der Waals surface area contributed by atoms with E-state index in [1.165, 1.54) is 0 Å². The molecule has 0 bridgehead atoms. The van der Waals surface area contributed by atoms with E-state index >= 15 is 0 Å². The fraction of sp³-hybridized carbons (Fsp3) is 0.500.